The molecule has 0 fully saturated rings. The second kappa shape index (κ2) is 5.39. The van der Waals surface area contributed by atoms with E-state index >= 15 is 0 Å². The Morgan fingerprint density at radius 2 is 1.84 bits per heavy atom. The lowest BCUT2D eigenvalue weighted by Crippen LogP contribution is -2.31. The summed E-state index contributed by atoms with van der Waals surface area (Å²) >= 11 is 0. The first-order chi connectivity index (χ1) is 9.06. The maximum atomic E-state index is 12.4. The molecule has 1 amide bonds. The summed E-state index contributed by atoms with van der Waals surface area (Å²) in [6.45, 7) is 9.38. The Hall–Kier alpha value is -1.90. The molecule has 0 aliphatic rings. The number of hydrogen-bond acceptors (Lipinski definition) is 2. The predicted octanol–water partition coefficient (Wildman–Crippen LogP) is 3.33. The molecule has 0 spiro atoms. The summed E-state index contributed by atoms with van der Waals surface area (Å²) in [4.78, 5) is 18.8. The number of aryl methyl sites for hydroxylation is 2. The Morgan fingerprint density at radius 3 is 2.47 bits per heavy atom. The second-order valence-corrected chi connectivity index (χ2v) is 4.79. The largest absolute Gasteiger partial charge is 0.339 e. The third-order valence-electron chi connectivity index (χ3n) is 3.44. The van der Waals surface area contributed by atoms with Crippen LogP contribution in [0.25, 0.3) is 10.9 Å². The molecule has 0 atom stereocenters. The zero-order valence-corrected chi connectivity index (χ0v) is 12.0. The molecule has 100 valence electrons. The van der Waals surface area contributed by atoms with E-state index < -0.39 is 0 Å². The summed E-state index contributed by atoms with van der Waals surface area (Å²) in [5.41, 5.74) is 3.63. The minimum absolute atomic E-state index is 0.0680. The van der Waals surface area contributed by atoms with Crippen molar-refractivity contribution in [2.75, 3.05) is 13.1 Å². The Balaban J connectivity index is 2.54. The molecule has 0 saturated carbocycles. The molecule has 1 heterocycles. The van der Waals surface area contributed by atoms with Crippen LogP contribution in [0.2, 0.25) is 0 Å². The van der Waals surface area contributed by atoms with Gasteiger partial charge in [-0.1, -0.05) is 11.6 Å². The van der Waals surface area contributed by atoms with Crippen molar-refractivity contribution in [3.05, 3.63) is 41.1 Å². The maximum absolute atomic E-state index is 12.4. The van der Waals surface area contributed by atoms with Gasteiger partial charge in [-0.3, -0.25) is 9.78 Å². The first kappa shape index (κ1) is 13.5. The van der Waals surface area contributed by atoms with Gasteiger partial charge in [0.15, 0.2) is 0 Å². The molecule has 0 bridgehead atoms. The van der Waals surface area contributed by atoms with Gasteiger partial charge in [0.2, 0.25) is 0 Å². The molecule has 0 aliphatic heterocycles. The van der Waals surface area contributed by atoms with Gasteiger partial charge in [0.05, 0.1) is 16.8 Å². The van der Waals surface area contributed by atoms with Gasteiger partial charge in [-0.05, 0) is 45.9 Å². The molecule has 3 nitrogen and oxygen atoms in total. The van der Waals surface area contributed by atoms with Crippen LogP contribution < -0.4 is 0 Å². The van der Waals surface area contributed by atoms with Gasteiger partial charge in [-0.2, -0.15) is 0 Å². The van der Waals surface area contributed by atoms with Crippen LogP contribution in [-0.2, 0) is 0 Å². The zero-order valence-electron chi connectivity index (χ0n) is 12.0. The van der Waals surface area contributed by atoms with E-state index in [4.69, 9.17) is 0 Å². The minimum atomic E-state index is 0.0680. The molecule has 0 radical (unpaired) electrons. The van der Waals surface area contributed by atoms with E-state index in [-0.39, 0.29) is 5.91 Å². The van der Waals surface area contributed by atoms with Crippen molar-refractivity contribution in [3.8, 4) is 0 Å². The molecular formula is C16H20N2O. The van der Waals surface area contributed by atoms with Gasteiger partial charge in [-0.15, -0.1) is 0 Å². The summed E-state index contributed by atoms with van der Waals surface area (Å²) in [5.74, 6) is 0.0680. The molecule has 1 aromatic carbocycles. The zero-order chi connectivity index (χ0) is 14.0. The monoisotopic (exact) mass is 256 g/mol. The van der Waals surface area contributed by atoms with Crippen LogP contribution >= 0.6 is 0 Å². The van der Waals surface area contributed by atoms with Gasteiger partial charge in [-0.25, -0.2) is 0 Å². The van der Waals surface area contributed by atoms with Gasteiger partial charge in [0.1, 0.15) is 0 Å². The van der Waals surface area contributed by atoms with E-state index in [1.54, 1.807) is 0 Å². The van der Waals surface area contributed by atoms with Gasteiger partial charge in [0.25, 0.3) is 5.91 Å². The Bertz CT molecular complexity index is 615. The number of fused-ring (bicyclic) bond motifs is 1. The molecule has 0 saturated heterocycles. The predicted molar refractivity (Wildman–Crippen MR) is 78.5 cm³/mol. The van der Waals surface area contributed by atoms with Gasteiger partial charge >= 0.3 is 0 Å². The summed E-state index contributed by atoms with van der Waals surface area (Å²) in [7, 11) is 0. The average Bonchev–Trinajstić information content (AvgIpc) is 2.39. The van der Waals surface area contributed by atoms with E-state index in [9.17, 15) is 4.79 Å². The van der Waals surface area contributed by atoms with Crippen molar-refractivity contribution in [1.29, 1.82) is 0 Å². The SMILES string of the molecule is CCN(CC)C(=O)c1cc2cc(C)ccc2nc1C. The number of carbonyl (C=O) groups excluding carboxylic acids is 1. The van der Waals surface area contributed by atoms with E-state index in [0.717, 1.165) is 29.7 Å². The highest BCUT2D eigenvalue weighted by Crippen LogP contribution is 2.19. The van der Waals surface area contributed by atoms with Gasteiger partial charge < -0.3 is 4.90 Å². The van der Waals surface area contributed by atoms with Gasteiger partial charge in [0, 0.05) is 18.5 Å². The standard InChI is InChI=1S/C16H20N2O/c1-5-18(6-2)16(19)14-10-13-9-11(3)7-8-15(13)17-12(14)4/h7-10H,5-6H2,1-4H3. The van der Waals surface area contributed by atoms with Crippen LogP contribution in [0.3, 0.4) is 0 Å². The van der Waals surface area contributed by atoms with E-state index in [0.29, 0.717) is 5.56 Å². The Kier molecular flexibility index (Phi) is 3.84. The molecule has 1 aromatic heterocycles. The smallest absolute Gasteiger partial charge is 0.255 e. The molecule has 2 rings (SSSR count). The highest BCUT2D eigenvalue weighted by Gasteiger charge is 2.16. The van der Waals surface area contributed by atoms with Crippen LogP contribution in [0.5, 0.6) is 0 Å². The molecule has 0 unspecified atom stereocenters. The molecule has 19 heavy (non-hydrogen) atoms. The third-order valence-corrected chi connectivity index (χ3v) is 3.44. The number of amides is 1. The first-order valence-corrected chi connectivity index (χ1v) is 6.74. The third kappa shape index (κ3) is 2.60. The van der Waals surface area contributed by atoms with Crippen LogP contribution in [0.4, 0.5) is 0 Å². The molecule has 2 aromatic rings. The Morgan fingerprint density at radius 1 is 1.16 bits per heavy atom. The lowest BCUT2D eigenvalue weighted by Gasteiger charge is -2.19. The van der Waals surface area contributed by atoms with Crippen molar-refractivity contribution < 1.29 is 4.79 Å². The quantitative estimate of drug-likeness (QED) is 0.844. The van der Waals surface area contributed by atoms with Crippen molar-refractivity contribution in [2.45, 2.75) is 27.7 Å². The fourth-order valence-corrected chi connectivity index (χ4v) is 2.29. The highest BCUT2D eigenvalue weighted by atomic mass is 16.2. The molecular weight excluding hydrogens is 236 g/mol. The lowest BCUT2D eigenvalue weighted by atomic mass is 10.1. The minimum Gasteiger partial charge on any atom is -0.339 e. The Labute approximate surface area is 114 Å². The van der Waals surface area contributed by atoms with Crippen LogP contribution in [0.15, 0.2) is 24.3 Å². The maximum Gasteiger partial charge on any atom is 0.255 e. The number of hydrogen-bond donors (Lipinski definition) is 0. The van der Waals surface area contributed by atoms with Crippen molar-refractivity contribution in [1.82, 2.24) is 9.88 Å². The van der Waals surface area contributed by atoms with Crippen LogP contribution in [0, 0.1) is 13.8 Å². The molecule has 0 aliphatic carbocycles. The number of carbonyl (C=O) groups is 1. The summed E-state index contributed by atoms with van der Waals surface area (Å²) in [6.07, 6.45) is 0. The van der Waals surface area contributed by atoms with E-state index in [2.05, 4.69) is 11.1 Å². The number of benzene rings is 1. The first-order valence-electron chi connectivity index (χ1n) is 6.74. The van der Waals surface area contributed by atoms with E-state index in [1.807, 2.05) is 50.8 Å². The number of rotatable bonds is 3. The summed E-state index contributed by atoms with van der Waals surface area (Å²) in [6, 6.07) is 8.08. The van der Waals surface area contributed by atoms with Crippen LogP contribution in [0.1, 0.15) is 35.5 Å². The molecule has 3 heteroatoms. The number of aromatic nitrogens is 1. The van der Waals surface area contributed by atoms with Crippen molar-refractivity contribution >= 4 is 16.8 Å². The summed E-state index contributed by atoms with van der Waals surface area (Å²) in [5, 5.41) is 1.03. The van der Waals surface area contributed by atoms with Crippen LogP contribution in [-0.4, -0.2) is 28.9 Å². The lowest BCUT2D eigenvalue weighted by molar-refractivity contribution is 0.0772. The fourth-order valence-electron chi connectivity index (χ4n) is 2.29. The number of nitrogens with zero attached hydrogens (tertiary/aromatic N) is 2. The van der Waals surface area contributed by atoms with E-state index in [1.165, 1.54) is 5.56 Å². The second-order valence-electron chi connectivity index (χ2n) is 4.79. The van der Waals surface area contributed by atoms with Crippen molar-refractivity contribution in [2.24, 2.45) is 0 Å². The normalized spacial score (nSPS) is 10.7. The average molecular weight is 256 g/mol. The number of pyridine rings is 1. The van der Waals surface area contributed by atoms with Crippen molar-refractivity contribution in [3.63, 3.8) is 0 Å². The molecule has 0 N–H and O–H groups in total. The fraction of sp³-hybridized carbons (Fsp3) is 0.375. The highest BCUT2D eigenvalue weighted by molar-refractivity contribution is 5.98. The topological polar surface area (TPSA) is 33.2 Å². The summed E-state index contributed by atoms with van der Waals surface area (Å²) < 4.78 is 0.